The molecular weight excluding hydrogens is 354 g/mol. The van der Waals surface area contributed by atoms with Gasteiger partial charge in [-0.05, 0) is 29.0 Å². The number of quaternary nitrogens is 2. The Morgan fingerprint density at radius 3 is 2.44 bits per heavy atom. The molecule has 1 saturated heterocycles. The maximum absolute atomic E-state index is 12.7. The Kier molecular flexibility index (Phi) is 6.02. The lowest BCUT2D eigenvalue weighted by Crippen LogP contribution is -3.28. The minimum Gasteiger partial charge on any atom is -0.334 e. The van der Waals surface area contributed by atoms with Crippen LogP contribution in [0.15, 0.2) is 53.9 Å². The second kappa shape index (κ2) is 8.83. The highest BCUT2D eigenvalue weighted by atomic mass is 32.1. The number of benzene rings is 1. The van der Waals surface area contributed by atoms with Crippen molar-refractivity contribution in [2.45, 2.75) is 13.0 Å². The first kappa shape index (κ1) is 18.4. The zero-order chi connectivity index (χ0) is 18.5. The van der Waals surface area contributed by atoms with E-state index in [-0.39, 0.29) is 0 Å². The number of carbonyl (C=O) groups excluding carboxylic acids is 1. The van der Waals surface area contributed by atoms with Crippen LogP contribution in [0.1, 0.15) is 16.9 Å². The fraction of sp³-hybridized carbons (Fsp3) is 0.409. The lowest BCUT2D eigenvalue weighted by atomic mass is 9.99. The lowest BCUT2D eigenvalue weighted by molar-refractivity contribution is -1.02. The predicted octanol–water partition coefficient (Wildman–Crippen LogP) is 0.347. The summed E-state index contributed by atoms with van der Waals surface area (Å²) in [7, 11) is 0. The van der Waals surface area contributed by atoms with E-state index in [1.54, 1.807) is 4.90 Å². The number of nitrogens with zero attached hydrogens (tertiary/aromatic N) is 1. The monoisotopic (exact) mass is 383 g/mol. The lowest BCUT2D eigenvalue weighted by Gasteiger charge is -2.31. The summed E-state index contributed by atoms with van der Waals surface area (Å²) >= 11 is 1.85. The average Bonchev–Trinajstić information content (AvgIpc) is 3.23. The van der Waals surface area contributed by atoms with Crippen LogP contribution in [-0.4, -0.2) is 56.6 Å². The number of nitrogens with one attached hydrogen (secondary N) is 2. The van der Waals surface area contributed by atoms with E-state index in [0.717, 1.165) is 39.1 Å². The number of amides is 1. The average molecular weight is 384 g/mol. The second-order valence-electron chi connectivity index (χ2n) is 7.62. The second-order valence-corrected chi connectivity index (χ2v) is 8.65. The van der Waals surface area contributed by atoms with Crippen LogP contribution in [0.3, 0.4) is 0 Å². The summed E-state index contributed by atoms with van der Waals surface area (Å²) in [5.41, 5.74) is 2.66. The van der Waals surface area contributed by atoms with Crippen molar-refractivity contribution >= 4 is 22.8 Å². The van der Waals surface area contributed by atoms with Gasteiger partial charge in [0.15, 0.2) is 6.54 Å². The maximum atomic E-state index is 12.7. The molecule has 1 fully saturated rings. The topological polar surface area (TPSA) is 29.2 Å². The number of thiophene rings is 1. The van der Waals surface area contributed by atoms with Crippen molar-refractivity contribution in [3.05, 3.63) is 64.4 Å². The van der Waals surface area contributed by atoms with E-state index in [0.29, 0.717) is 12.5 Å². The number of hydrogen-bond donors (Lipinski definition) is 2. The SMILES string of the molecule is O=C(C[NH+]1CC[NH+](Cc2cccs2)CC1)N1CC=C(c2ccccc2)CC1. The van der Waals surface area contributed by atoms with Crippen molar-refractivity contribution in [2.75, 3.05) is 45.8 Å². The molecule has 2 aliphatic rings. The summed E-state index contributed by atoms with van der Waals surface area (Å²) in [4.78, 5) is 19.3. The van der Waals surface area contributed by atoms with E-state index in [4.69, 9.17) is 0 Å². The van der Waals surface area contributed by atoms with Gasteiger partial charge in [-0.15, -0.1) is 11.3 Å². The van der Waals surface area contributed by atoms with Crippen molar-refractivity contribution in [2.24, 2.45) is 0 Å². The van der Waals surface area contributed by atoms with Crippen LogP contribution in [0.4, 0.5) is 0 Å². The van der Waals surface area contributed by atoms with Gasteiger partial charge < -0.3 is 14.7 Å². The standard InChI is InChI=1S/C22H27N3OS/c26-22(25-10-8-20(9-11-25)19-5-2-1-3-6-19)18-24-14-12-23(13-15-24)17-21-7-4-16-27-21/h1-8,16H,9-15,17-18H2/p+2. The first-order chi connectivity index (χ1) is 13.3. The van der Waals surface area contributed by atoms with Gasteiger partial charge in [-0.3, -0.25) is 4.79 Å². The number of carbonyl (C=O) groups is 1. The van der Waals surface area contributed by atoms with Crippen LogP contribution in [0.5, 0.6) is 0 Å². The molecule has 5 heteroatoms. The third kappa shape index (κ3) is 4.86. The molecule has 0 radical (unpaired) electrons. The Balaban J connectivity index is 1.23. The van der Waals surface area contributed by atoms with Gasteiger partial charge in [-0.2, -0.15) is 0 Å². The molecule has 4 rings (SSSR count). The highest BCUT2D eigenvalue weighted by Gasteiger charge is 2.27. The third-order valence-electron chi connectivity index (χ3n) is 5.78. The molecular formula is C22H29N3OS+2. The molecule has 142 valence electrons. The highest BCUT2D eigenvalue weighted by molar-refractivity contribution is 7.09. The first-order valence-corrected chi connectivity index (χ1v) is 10.9. The van der Waals surface area contributed by atoms with Crippen molar-refractivity contribution in [3.8, 4) is 0 Å². The van der Waals surface area contributed by atoms with Gasteiger partial charge in [0, 0.05) is 13.1 Å². The Labute approximate surface area is 165 Å². The molecule has 0 unspecified atom stereocenters. The molecule has 0 bridgehead atoms. The third-order valence-corrected chi connectivity index (χ3v) is 6.65. The van der Waals surface area contributed by atoms with Crippen LogP contribution >= 0.6 is 11.3 Å². The highest BCUT2D eigenvalue weighted by Crippen LogP contribution is 2.21. The summed E-state index contributed by atoms with van der Waals surface area (Å²) in [5.74, 6) is 0.315. The molecule has 0 spiro atoms. The largest absolute Gasteiger partial charge is 0.334 e. The van der Waals surface area contributed by atoms with Crippen LogP contribution < -0.4 is 9.80 Å². The van der Waals surface area contributed by atoms with Crippen molar-refractivity contribution < 1.29 is 14.6 Å². The molecule has 2 aromatic rings. The summed E-state index contributed by atoms with van der Waals surface area (Å²) in [5, 5.41) is 2.16. The zero-order valence-electron chi connectivity index (χ0n) is 15.8. The van der Waals surface area contributed by atoms with Crippen LogP contribution in [-0.2, 0) is 11.3 Å². The number of rotatable bonds is 5. The zero-order valence-corrected chi connectivity index (χ0v) is 16.6. The van der Waals surface area contributed by atoms with Gasteiger partial charge in [0.05, 0.1) is 4.88 Å². The van der Waals surface area contributed by atoms with E-state index in [1.807, 2.05) is 22.3 Å². The molecule has 0 saturated carbocycles. The van der Waals surface area contributed by atoms with Gasteiger partial charge in [-0.25, -0.2) is 0 Å². The Morgan fingerprint density at radius 1 is 1.00 bits per heavy atom. The van der Waals surface area contributed by atoms with Gasteiger partial charge in [0.2, 0.25) is 0 Å². The Hall–Kier alpha value is -1.95. The molecule has 0 atom stereocenters. The van der Waals surface area contributed by atoms with E-state index >= 15 is 0 Å². The van der Waals surface area contributed by atoms with Crippen LogP contribution in [0, 0.1) is 0 Å². The molecule has 1 aromatic heterocycles. The predicted molar refractivity (Wildman–Crippen MR) is 110 cm³/mol. The molecule has 2 aliphatic heterocycles. The number of hydrogen-bond acceptors (Lipinski definition) is 2. The van der Waals surface area contributed by atoms with Crippen molar-refractivity contribution in [3.63, 3.8) is 0 Å². The van der Waals surface area contributed by atoms with Gasteiger partial charge >= 0.3 is 0 Å². The smallest absolute Gasteiger partial charge is 0.278 e. The Bertz CT molecular complexity index is 764. The van der Waals surface area contributed by atoms with Crippen LogP contribution in [0.25, 0.3) is 5.57 Å². The Morgan fingerprint density at radius 2 is 1.78 bits per heavy atom. The van der Waals surface area contributed by atoms with Crippen molar-refractivity contribution in [1.29, 1.82) is 0 Å². The minimum atomic E-state index is 0.315. The molecule has 4 nitrogen and oxygen atoms in total. The molecule has 1 aromatic carbocycles. The first-order valence-electron chi connectivity index (χ1n) is 9.99. The van der Waals surface area contributed by atoms with Crippen molar-refractivity contribution in [1.82, 2.24) is 4.90 Å². The van der Waals surface area contributed by atoms with Gasteiger partial charge in [0.1, 0.15) is 32.7 Å². The quantitative estimate of drug-likeness (QED) is 0.767. The van der Waals surface area contributed by atoms with E-state index in [9.17, 15) is 4.79 Å². The molecule has 27 heavy (non-hydrogen) atoms. The fourth-order valence-corrected chi connectivity index (χ4v) is 4.88. The van der Waals surface area contributed by atoms with E-state index in [2.05, 4.69) is 47.9 Å². The summed E-state index contributed by atoms with van der Waals surface area (Å²) in [6.07, 6.45) is 3.19. The molecule has 1 amide bonds. The molecule has 3 heterocycles. The summed E-state index contributed by atoms with van der Waals surface area (Å²) in [6.45, 7) is 7.93. The normalized spacial score (nSPS) is 23.1. The molecule has 2 N–H and O–H groups in total. The summed E-state index contributed by atoms with van der Waals surface area (Å²) in [6, 6.07) is 14.9. The van der Waals surface area contributed by atoms with E-state index in [1.165, 1.54) is 34.0 Å². The van der Waals surface area contributed by atoms with Gasteiger partial charge in [0.25, 0.3) is 5.91 Å². The number of piperazine rings is 1. The molecule has 0 aliphatic carbocycles. The van der Waals surface area contributed by atoms with E-state index < -0.39 is 0 Å². The summed E-state index contributed by atoms with van der Waals surface area (Å²) < 4.78 is 0. The maximum Gasteiger partial charge on any atom is 0.278 e. The fourth-order valence-electron chi connectivity index (χ4n) is 4.11. The van der Waals surface area contributed by atoms with Crippen LogP contribution in [0.2, 0.25) is 0 Å². The van der Waals surface area contributed by atoms with Gasteiger partial charge in [-0.1, -0.05) is 42.5 Å². The minimum absolute atomic E-state index is 0.315.